The van der Waals surface area contributed by atoms with E-state index in [0.29, 0.717) is 23.6 Å². The van der Waals surface area contributed by atoms with Crippen LogP contribution in [0.1, 0.15) is 38.3 Å². The van der Waals surface area contributed by atoms with Gasteiger partial charge in [-0.3, -0.25) is 9.59 Å². The number of rotatable bonds is 5. The van der Waals surface area contributed by atoms with Gasteiger partial charge in [0.2, 0.25) is 0 Å². The summed E-state index contributed by atoms with van der Waals surface area (Å²) >= 11 is 2.26. The summed E-state index contributed by atoms with van der Waals surface area (Å²) in [6, 6.07) is 14.8. The second kappa shape index (κ2) is 9.64. The Morgan fingerprint density at radius 1 is 1.11 bits per heavy atom. The molecule has 0 aliphatic carbocycles. The number of nitrogens with two attached hydrogens (primary N) is 1. The minimum Gasteiger partial charge on any atom is -0.365 e. The molecule has 0 radical (unpaired) electrons. The average molecular weight is 600 g/mol. The SMILES string of the molecule is NC(=O)c1c(-c2ccc(C(=O)Nc3cc(C(F)F)ccn3)cc2)nn2c1Nc1ccc(I)cc1CC2. The maximum absolute atomic E-state index is 12.9. The number of aromatic nitrogens is 3. The van der Waals surface area contributed by atoms with E-state index in [1.807, 2.05) is 12.1 Å². The molecule has 0 atom stereocenters. The Hall–Kier alpha value is -3.87. The summed E-state index contributed by atoms with van der Waals surface area (Å²) in [4.78, 5) is 29.0. The van der Waals surface area contributed by atoms with Gasteiger partial charge < -0.3 is 16.4 Å². The summed E-state index contributed by atoms with van der Waals surface area (Å²) < 4.78 is 28.7. The highest BCUT2D eigenvalue weighted by molar-refractivity contribution is 14.1. The molecule has 0 saturated heterocycles. The molecule has 2 amide bonds. The van der Waals surface area contributed by atoms with E-state index in [1.54, 1.807) is 28.9 Å². The van der Waals surface area contributed by atoms with Crippen LogP contribution in [0.4, 0.5) is 26.1 Å². The topological polar surface area (TPSA) is 115 Å². The maximum atomic E-state index is 12.9. The standard InChI is InChI=1S/C25H19F2IN6O2/c26-22(27)16-7-9-30-19(12-16)32-25(36)14-3-1-13(2-4-14)21-20(23(29)35)24-31-18-6-5-17(28)11-15(18)8-10-34(24)33-21/h1-7,9,11-12,22,31H,8,10H2,(H2,29,35)(H,30,32,36). The molecule has 2 aromatic heterocycles. The minimum absolute atomic E-state index is 0.0248. The first-order chi connectivity index (χ1) is 17.3. The van der Waals surface area contributed by atoms with Crippen LogP contribution < -0.4 is 16.4 Å². The van der Waals surface area contributed by atoms with Gasteiger partial charge in [0.05, 0.1) is 0 Å². The van der Waals surface area contributed by atoms with Gasteiger partial charge in [0.25, 0.3) is 18.2 Å². The van der Waals surface area contributed by atoms with Crippen molar-refractivity contribution in [2.75, 3.05) is 10.6 Å². The highest BCUT2D eigenvalue weighted by Crippen LogP contribution is 2.35. The number of hydrogen-bond donors (Lipinski definition) is 3. The van der Waals surface area contributed by atoms with Crippen LogP contribution in [0.25, 0.3) is 11.3 Å². The summed E-state index contributed by atoms with van der Waals surface area (Å²) in [6.07, 6.45) is -0.730. The molecule has 0 saturated carbocycles. The first-order valence-corrected chi connectivity index (χ1v) is 12.0. The van der Waals surface area contributed by atoms with Gasteiger partial charge in [-0.1, -0.05) is 12.1 Å². The molecule has 0 fully saturated rings. The third-order valence-corrected chi connectivity index (χ3v) is 6.48. The number of nitrogens with one attached hydrogen (secondary N) is 2. The molecule has 0 unspecified atom stereocenters. The highest BCUT2D eigenvalue weighted by atomic mass is 127. The second-order valence-electron chi connectivity index (χ2n) is 8.14. The summed E-state index contributed by atoms with van der Waals surface area (Å²) in [6.45, 7) is 0.556. The predicted molar refractivity (Wildman–Crippen MR) is 139 cm³/mol. The number of pyridine rings is 1. The number of carbonyl (C=O) groups is 2. The molecule has 4 aromatic rings. The summed E-state index contributed by atoms with van der Waals surface area (Å²) in [5.41, 5.74) is 9.07. The van der Waals surface area contributed by atoms with Gasteiger partial charge in [0.15, 0.2) is 0 Å². The Morgan fingerprint density at radius 3 is 2.61 bits per heavy atom. The maximum Gasteiger partial charge on any atom is 0.264 e. The zero-order valence-corrected chi connectivity index (χ0v) is 20.8. The molecule has 4 N–H and O–H groups in total. The van der Waals surface area contributed by atoms with Crippen molar-refractivity contribution in [1.29, 1.82) is 0 Å². The highest BCUT2D eigenvalue weighted by Gasteiger charge is 2.26. The first kappa shape index (κ1) is 23.9. The molecule has 36 heavy (non-hydrogen) atoms. The number of halogens is 3. The van der Waals surface area contributed by atoms with Crippen LogP contribution in [-0.4, -0.2) is 26.6 Å². The van der Waals surface area contributed by atoms with Crippen LogP contribution in [0.5, 0.6) is 0 Å². The smallest absolute Gasteiger partial charge is 0.264 e. The summed E-state index contributed by atoms with van der Waals surface area (Å²) in [5.74, 6) is -0.593. The molecular formula is C25H19F2IN6O2. The van der Waals surface area contributed by atoms with E-state index < -0.39 is 18.2 Å². The van der Waals surface area contributed by atoms with Gasteiger partial charge in [-0.25, -0.2) is 18.4 Å². The van der Waals surface area contributed by atoms with Crippen LogP contribution in [0.2, 0.25) is 0 Å². The number of aryl methyl sites for hydroxylation is 2. The second-order valence-corrected chi connectivity index (χ2v) is 9.39. The number of carbonyl (C=O) groups excluding carboxylic acids is 2. The third kappa shape index (κ3) is 4.65. The number of anilines is 3. The van der Waals surface area contributed by atoms with Crippen molar-refractivity contribution in [2.24, 2.45) is 5.73 Å². The van der Waals surface area contributed by atoms with Gasteiger partial charge >= 0.3 is 0 Å². The predicted octanol–water partition coefficient (Wildman–Crippen LogP) is 5.14. The van der Waals surface area contributed by atoms with Gasteiger partial charge in [-0.15, -0.1) is 0 Å². The van der Waals surface area contributed by atoms with Crippen LogP contribution >= 0.6 is 22.6 Å². The molecule has 182 valence electrons. The van der Waals surface area contributed by atoms with E-state index in [1.165, 1.54) is 12.3 Å². The summed E-state index contributed by atoms with van der Waals surface area (Å²) in [7, 11) is 0. The lowest BCUT2D eigenvalue weighted by atomic mass is 10.0. The normalized spacial score (nSPS) is 12.3. The average Bonchev–Trinajstić information content (AvgIpc) is 3.13. The van der Waals surface area contributed by atoms with E-state index >= 15 is 0 Å². The number of nitrogens with zero attached hydrogens (tertiary/aromatic N) is 3. The van der Waals surface area contributed by atoms with Crippen molar-refractivity contribution in [3.8, 4) is 11.3 Å². The number of hydrogen-bond acceptors (Lipinski definition) is 5. The lowest BCUT2D eigenvalue weighted by molar-refractivity contribution is 0.0998. The van der Waals surface area contributed by atoms with Crippen molar-refractivity contribution >= 4 is 51.7 Å². The van der Waals surface area contributed by atoms with Crippen LogP contribution in [-0.2, 0) is 13.0 Å². The number of amides is 2. The molecular weight excluding hydrogens is 581 g/mol. The minimum atomic E-state index is -2.67. The third-order valence-electron chi connectivity index (χ3n) is 5.81. The van der Waals surface area contributed by atoms with Gasteiger partial charge in [-0.2, -0.15) is 5.10 Å². The van der Waals surface area contributed by atoms with Gasteiger partial charge in [-0.05, 0) is 77.0 Å². The lowest BCUT2D eigenvalue weighted by Gasteiger charge is -2.09. The van der Waals surface area contributed by atoms with Crippen molar-refractivity contribution in [3.63, 3.8) is 0 Å². The quantitative estimate of drug-likeness (QED) is 0.275. The molecule has 8 nitrogen and oxygen atoms in total. The first-order valence-electron chi connectivity index (χ1n) is 10.9. The Morgan fingerprint density at radius 2 is 1.89 bits per heavy atom. The van der Waals surface area contributed by atoms with Crippen LogP contribution in [0, 0.1) is 3.57 Å². The summed E-state index contributed by atoms with van der Waals surface area (Å²) in [5, 5.41) is 10.5. The van der Waals surface area contributed by atoms with Crippen molar-refractivity contribution in [3.05, 3.63) is 86.6 Å². The largest absolute Gasteiger partial charge is 0.365 e. The molecule has 2 aromatic carbocycles. The fraction of sp³-hybridized carbons (Fsp3) is 0.120. The van der Waals surface area contributed by atoms with Crippen molar-refractivity contribution < 1.29 is 18.4 Å². The molecule has 11 heteroatoms. The molecule has 1 aliphatic rings. The van der Waals surface area contributed by atoms with E-state index in [4.69, 9.17) is 5.73 Å². The monoisotopic (exact) mass is 600 g/mol. The number of alkyl halides is 2. The Labute approximate surface area is 218 Å². The zero-order chi connectivity index (χ0) is 25.4. The molecule has 0 bridgehead atoms. The Kier molecular flexibility index (Phi) is 6.39. The van der Waals surface area contributed by atoms with Crippen molar-refractivity contribution in [1.82, 2.24) is 14.8 Å². The number of primary amides is 1. The number of fused-ring (bicyclic) bond motifs is 2. The van der Waals surface area contributed by atoms with Crippen LogP contribution in [0.3, 0.4) is 0 Å². The molecule has 3 heterocycles. The van der Waals surface area contributed by atoms with E-state index in [-0.39, 0.29) is 22.5 Å². The number of benzene rings is 2. The van der Waals surface area contributed by atoms with E-state index in [0.717, 1.165) is 27.3 Å². The van der Waals surface area contributed by atoms with Crippen LogP contribution in [0.15, 0.2) is 60.8 Å². The van der Waals surface area contributed by atoms with Gasteiger partial charge in [0.1, 0.15) is 22.9 Å². The van der Waals surface area contributed by atoms with Crippen molar-refractivity contribution in [2.45, 2.75) is 19.4 Å². The Balaban J connectivity index is 1.42. The zero-order valence-electron chi connectivity index (χ0n) is 18.6. The fourth-order valence-corrected chi connectivity index (χ4v) is 4.61. The van der Waals surface area contributed by atoms with Gasteiger partial charge in [0, 0.05) is 38.7 Å². The lowest BCUT2D eigenvalue weighted by Crippen LogP contribution is -2.14. The molecule has 5 rings (SSSR count). The molecule has 0 spiro atoms. The van der Waals surface area contributed by atoms with E-state index in [2.05, 4.69) is 49.4 Å². The Bertz CT molecular complexity index is 1490. The van der Waals surface area contributed by atoms with E-state index in [9.17, 15) is 18.4 Å². The fourth-order valence-electron chi connectivity index (χ4n) is 4.05. The molecule has 1 aliphatic heterocycles.